The van der Waals surface area contributed by atoms with Gasteiger partial charge < -0.3 is 15.1 Å². The van der Waals surface area contributed by atoms with Crippen LogP contribution in [0.25, 0.3) is 0 Å². The molecule has 3 nitrogen and oxygen atoms in total. The average Bonchev–Trinajstić information content (AvgIpc) is 2.47. The van der Waals surface area contributed by atoms with Gasteiger partial charge in [-0.3, -0.25) is 0 Å². The summed E-state index contributed by atoms with van der Waals surface area (Å²) in [7, 11) is 0. The number of piperidine rings is 2. The van der Waals surface area contributed by atoms with Crippen LogP contribution in [0.2, 0.25) is 0 Å². The number of rotatable bonds is 7. The summed E-state index contributed by atoms with van der Waals surface area (Å²) in [5.74, 6) is 0.939. The van der Waals surface area contributed by atoms with Crippen LogP contribution in [0, 0.1) is 5.92 Å². The smallest absolute Gasteiger partial charge is 0.0109 e. The molecule has 0 aromatic heterocycles. The Morgan fingerprint density at radius 1 is 1.05 bits per heavy atom. The van der Waals surface area contributed by atoms with Gasteiger partial charge in [-0.2, -0.15) is 0 Å². The lowest BCUT2D eigenvalue weighted by Gasteiger charge is -2.33. The van der Waals surface area contributed by atoms with Crippen LogP contribution in [0.1, 0.15) is 45.4 Å². The zero-order chi connectivity index (χ0) is 13.3. The minimum atomic E-state index is 0.939. The third-order valence-electron chi connectivity index (χ3n) is 4.70. The van der Waals surface area contributed by atoms with Gasteiger partial charge in [-0.05, 0) is 70.7 Å². The Morgan fingerprint density at radius 3 is 2.47 bits per heavy atom. The summed E-state index contributed by atoms with van der Waals surface area (Å²) in [6, 6.07) is 0. The van der Waals surface area contributed by atoms with E-state index in [0.29, 0.717) is 0 Å². The predicted octanol–water partition coefficient (Wildman–Crippen LogP) is 2.18. The van der Waals surface area contributed by atoms with Gasteiger partial charge in [-0.15, -0.1) is 0 Å². The molecule has 0 unspecified atom stereocenters. The monoisotopic (exact) mass is 267 g/mol. The highest BCUT2D eigenvalue weighted by molar-refractivity contribution is 4.74. The van der Waals surface area contributed by atoms with Crippen LogP contribution in [0.4, 0.5) is 0 Å². The van der Waals surface area contributed by atoms with Crippen molar-refractivity contribution in [2.24, 2.45) is 5.92 Å². The number of nitrogens with one attached hydrogen (secondary N) is 1. The maximum absolute atomic E-state index is 3.48. The van der Waals surface area contributed by atoms with Crippen LogP contribution in [0.15, 0.2) is 0 Å². The molecule has 0 radical (unpaired) electrons. The van der Waals surface area contributed by atoms with Gasteiger partial charge in [0, 0.05) is 19.6 Å². The number of hydrogen-bond acceptors (Lipinski definition) is 3. The minimum absolute atomic E-state index is 0.939. The highest BCUT2D eigenvalue weighted by Crippen LogP contribution is 2.14. The Balaban J connectivity index is 1.68. The van der Waals surface area contributed by atoms with E-state index in [1.54, 1.807) is 0 Å². The lowest BCUT2D eigenvalue weighted by molar-refractivity contribution is 0.158. The molecule has 1 N–H and O–H groups in total. The molecule has 2 fully saturated rings. The van der Waals surface area contributed by atoms with E-state index in [4.69, 9.17) is 0 Å². The second-order valence-corrected chi connectivity index (χ2v) is 6.40. The Hall–Kier alpha value is -0.120. The molecule has 0 aliphatic carbocycles. The summed E-state index contributed by atoms with van der Waals surface area (Å²) >= 11 is 0. The van der Waals surface area contributed by atoms with Crippen molar-refractivity contribution >= 4 is 0 Å². The molecule has 2 aliphatic heterocycles. The van der Waals surface area contributed by atoms with Gasteiger partial charge in [0.25, 0.3) is 0 Å². The fourth-order valence-corrected chi connectivity index (χ4v) is 3.51. The normalized spacial score (nSPS) is 23.1. The highest BCUT2D eigenvalue weighted by Gasteiger charge is 2.17. The molecule has 2 heterocycles. The molecule has 0 saturated carbocycles. The van der Waals surface area contributed by atoms with Crippen LogP contribution in [-0.4, -0.2) is 62.2 Å². The predicted molar refractivity (Wildman–Crippen MR) is 82.6 cm³/mol. The molecule has 0 aromatic rings. The van der Waals surface area contributed by atoms with Crippen LogP contribution in [0.5, 0.6) is 0 Å². The molecule has 0 aromatic carbocycles. The maximum Gasteiger partial charge on any atom is 0.0109 e. The van der Waals surface area contributed by atoms with Gasteiger partial charge in [-0.25, -0.2) is 0 Å². The Morgan fingerprint density at radius 2 is 1.79 bits per heavy atom. The Bertz CT molecular complexity index is 220. The molecule has 2 saturated heterocycles. The van der Waals surface area contributed by atoms with Crippen LogP contribution in [-0.2, 0) is 0 Å². The standard InChI is InChI=1S/C16H33N3/c1-2-10-19(15-16-6-8-17-9-7-16)14-13-18-11-4-3-5-12-18/h16-17H,2-15H2,1H3. The third-order valence-corrected chi connectivity index (χ3v) is 4.70. The SMILES string of the molecule is CCCN(CCN1CCCCC1)CC1CCNCC1. The summed E-state index contributed by atoms with van der Waals surface area (Å²) in [6.45, 7) is 12.7. The summed E-state index contributed by atoms with van der Waals surface area (Å²) in [5.41, 5.74) is 0. The molecule has 0 amide bonds. The van der Waals surface area contributed by atoms with Crippen molar-refractivity contribution in [3.63, 3.8) is 0 Å². The van der Waals surface area contributed by atoms with E-state index in [-0.39, 0.29) is 0 Å². The summed E-state index contributed by atoms with van der Waals surface area (Å²) < 4.78 is 0. The summed E-state index contributed by atoms with van der Waals surface area (Å²) in [4.78, 5) is 5.40. The van der Waals surface area contributed by atoms with Crippen molar-refractivity contribution in [1.29, 1.82) is 0 Å². The molecule has 2 rings (SSSR count). The quantitative estimate of drug-likeness (QED) is 0.763. The lowest BCUT2D eigenvalue weighted by Crippen LogP contribution is -2.41. The van der Waals surface area contributed by atoms with E-state index in [1.807, 2.05) is 0 Å². The fourth-order valence-electron chi connectivity index (χ4n) is 3.51. The molecule has 2 aliphatic rings. The van der Waals surface area contributed by atoms with Gasteiger partial charge >= 0.3 is 0 Å². The van der Waals surface area contributed by atoms with Crippen molar-refractivity contribution in [1.82, 2.24) is 15.1 Å². The first kappa shape index (κ1) is 15.3. The van der Waals surface area contributed by atoms with Gasteiger partial charge in [0.1, 0.15) is 0 Å². The van der Waals surface area contributed by atoms with Gasteiger partial charge in [0.2, 0.25) is 0 Å². The zero-order valence-corrected chi connectivity index (χ0v) is 12.9. The van der Waals surface area contributed by atoms with Gasteiger partial charge in [0.05, 0.1) is 0 Å². The topological polar surface area (TPSA) is 18.5 Å². The minimum Gasteiger partial charge on any atom is -0.317 e. The fraction of sp³-hybridized carbons (Fsp3) is 1.00. The van der Waals surface area contributed by atoms with E-state index in [1.165, 1.54) is 90.9 Å². The van der Waals surface area contributed by atoms with Crippen LogP contribution < -0.4 is 5.32 Å². The van der Waals surface area contributed by atoms with Crippen molar-refractivity contribution < 1.29 is 0 Å². The first-order valence-corrected chi connectivity index (χ1v) is 8.54. The van der Waals surface area contributed by atoms with Gasteiger partial charge in [0.15, 0.2) is 0 Å². The maximum atomic E-state index is 3.48. The highest BCUT2D eigenvalue weighted by atomic mass is 15.2. The first-order valence-electron chi connectivity index (χ1n) is 8.54. The van der Waals surface area contributed by atoms with E-state index in [2.05, 4.69) is 22.0 Å². The van der Waals surface area contributed by atoms with Crippen LogP contribution >= 0.6 is 0 Å². The van der Waals surface area contributed by atoms with E-state index < -0.39 is 0 Å². The largest absolute Gasteiger partial charge is 0.317 e. The Kier molecular flexibility index (Phi) is 7.18. The average molecular weight is 267 g/mol. The summed E-state index contributed by atoms with van der Waals surface area (Å²) in [5, 5.41) is 3.48. The second kappa shape index (κ2) is 8.93. The number of hydrogen-bond donors (Lipinski definition) is 1. The molecule has 19 heavy (non-hydrogen) atoms. The molecule has 0 spiro atoms. The van der Waals surface area contributed by atoms with E-state index in [0.717, 1.165) is 5.92 Å². The van der Waals surface area contributed by atoms with Crippen molar-refractivity contribution in [2.45, 2.75) is 45.4 Å². The molecule has 0 bridgehead atoms. The molecule has 0 atom stereocenters. The third kappa shape index (κ3) is 5.80. The van der Waals surface area contributed by atoms with E-state index in [9.17, 15) is 0 Å². The van der Waals surface area contributed by atoms with Crippen molar-refractivity contribution in [2.75, 3.05) is 52.4 Å². The number of nitrogens with zero attached hydrogens (tertiary/aromatic N) is 2. The van der Waals surface area contributed by atoms with Crippen molar-refractivity contribution in [3.8, 4) is 0 Å². The number of likely N-dealkylation sites (tertiary alicyclic amines) is 1. The van der Waals surface area contributed by atoms with Crippen molar-refractivity contribution in [3.05, 3.63) is 0 Å². The van der Waals surface area contributed by atoms with E-state index >= 15 is 0 Å². The molecule has 112 valence electrons. The summed E-state index contributed by atoms with van der Waals surface area (Å²) in [6.07, 6.45) is 8.34. The lowest BCUT2D eigenvalue weighted by atomic mass is 9.97. The molecular formula is C16H33N3. The van der Waals surface area contributed by atoms with Crippen LogP contribution in [0.3, 0.4) is 0 Å². The first-order chi connectivity index (χ1) is 9.38. The van der Waals surface area contributed by atoms with Gasteiger partial charge in [-0.1, -0.05) is 13.3 Å². The zero-order valence-electron chi connectivity index (χ0n) is 12.9. The Labute approximate surface area is 119 Å². The second-order valence-electron chi connectivity index (χ2n) is 6.40. The molecule has 3 heteroatoms. The molecular weight excluding hydrogens is 234 g/mol.